The lowest BCUT2D eigenvalue weighted by atomic mass is 10.3. The van der Waals surface area contributed by atoms with Crippen LogP contribution in [0.1, 0.15) is 6.42 Å². The van der Waals surface area contributed by atoms with Crippen LogP contribution in [0.15, 0.2) is 29.2 Å². The molecule has 16 heavy (non-hydrogen) atoms. The van der Waals surface area contributed by atoms with Crippen molar-refractivity contribution >= 4 is 16.8 Å². The average Bonchev–Trinajstić information content (AvgIpc) is 2.24. The Bertz CT molecular complexity index is 411. The van der Waals surface area contributed by atoms with Gasteiger partial charge in [-0.15, -0.1) is 0 Å². The van der Waals surface area contributed by atoms with Gasteiger partial charge in [0.1, 0.15) is 11.1 Å². The first-order valence-electron chi connectivity index (χ1n) is 4.65. The highest BCUT2D eigenvalue weighted by atomic mass is 32.2. The Kier molecular flexibility index (Phi) is 4.57. The van der Waals surface area contributed by atoms with Crippen molar-refractivity contribution in [2.24, 2.45) is 5.73 Å². The quantitative estimate of drug-likeness (QED) is 0.801. The minimum absolute atomic E-state index is 0.0957. The number of hydrogen-bond acceptors (Lipinski definition) is 3. The molecule has 88 valence electrons. The molecule has 0 aliphatic carbocycles. The maximum Gasteiger partial charge on any atom is 0.319 e. The zero-order valence-corrected chi connectivity index (χ0v) is 9.24. The van der Waals surface area contributed by atoms with Crippen molar-refractivity contribution in [3.63, 3.8) is 0 Å². The summed E-state index contributed by atoms with van der Waals surface area (Å²) in [5.41, 5.74) is 5.24. The standard InChI is InChI=1S/C10H12FNO3S/c11-7-2-1-3-8(6-7)16(15)9(4-5-12)10(13)14/h1-3,6,9H,4-5,12H2,(H,13,14). The van der Waals surface area contributed by atoms with Gasteiger partial charge in [0.05, 0.1) is 10.8 Å². The Morgan fingerprint density at radius 1 is 1.56 bits per heavy atom. The Morgan fingerprint density at radius 3 is 2.75 bits per heavy atom. The second-order valence-electron chi connectivity index (χ2n) is 3.16. The number of carboxylic acids is 1. The molecular formula is C10H12FNO3S. The van der Waals surface area contributed by atoms with Crippen molar-refractivity contribution in [3.8, 4) is 0 Å². The summed E-state index contributed by atoms with van der Waals surface area (Å²) in [5, 5.41) is 7.77. The van der Waals surface area contributed by atoms with Crippen LogP contribution < -0.4 is 5.73 Å². The van der Waals surface area contributed by atoms with Crippen LogP contribution >= 0.6 is 0 Å². The van der Waals surface area contributed by atoms with Gasteiger partial charge < -0.3 is 10.8 Å². The van der Waals surface area contributed by atoms with Crippen LogP contribution in [0.25, 0.3) is 0 Å². The number of rotatable bonds is 5. The van der Waals surface area contributed by atoms with Gasteiger partial charge in [0.25, 0.3) is 0 Å². The maximum absolute atomic E-state index is 12.9. The number of carboxylic acid groups (broad SMARTS) is 1. The highest BCUT2D eigenvalue weighted by Gasteiger charge is 2.25. The summed E-state index contributed by atoms with van der Waals surface area (Å²) in [7, 11) is -1.78. The maximum atomic E-state index is 12.9. The number of nitrogens with two attached hydrogens (primary N) is 1. The molecule has 0 bridgehead atoms. The molecule has 6 heteroatoms. The topological polar surface area (TPSA) is 80.4 Å². The van der Waals surface area contributed by atoms with E-state index in [9.17, 15) is 13.4 Å². The molecule has 0 aromatic heterocycles. The number of hydrogen-bond donors (Lipinski definition) is 2. The summed E-state index contributed by atoms with van der Waals surface area (Å²) in [6, 6.07) is 5.11. The van der Waals surface area contributed by atoms with Crippen LogP contribution in [0.4, 0.5) is 4.39 Å². The third kappa shape index (κ3) is 3.11. The number of aliphatic carboxylic acids is 1. The molecule has 0 fully saturated rings. The molecule has 4 nitrogen and oxygen atoms in total. The van der Waals surface area contributed by atoms with Crippen molar-refractivity contribution in [3.05, 3.63) is 30.1 Å². The summed E-state index contributed by atoms with van der Waals surface area (Å²) in [4.78, 5) is 11.0. The SMILES string of the molecule is NCCC(C(=O)O)S(=O)c1cccc(F)c1. The predicted molar refractivity (Wildman–Crippen MR) is 57.9 cm³/mol. The molecule has 0 radical (unpaired) electrons. The van der Waals surface area contributed by atoms with Crippen molar-refractivity contribution in [1.29, 1.82) is 0 Å². The van der Waals surface area contributed by atoms with Crippen LogP contribution in [0.2, 0.25) is 0 Å². The van der Waals surface area contributed by atoms with Gasteiger partial charge in [-0.1, -0.05) is 6.07 Å². The van der Waals surface area contributed by atoms with E-state index < -0.39 is 27.8 Å². The van der Waals surface area contributed by atoms with E-state index in [-0.39, 0.29) is 17.9 Å². The average molecular weight is 245 g/mol. The molecule has 2 unspecified atom stereocenters. The van der Waals surface area contributed by atoms with Gasteiger partial charge in [-0.3, -0.25) is 9.00 Å². The first-order chi connectivity index (χ1) is 7.56. The van der Waals surface area contributed by atoms with Crippen molar-refractivity contribution in [2.75, 3.05) is 6.54 Å². The normalized spacial score (nSPS) is 14.4. The largest absolute Gasteiger partial charge is 0.480 e. The molecule has 2 atom stereocenters. The molecule has 0 aliphatic rings. The Labute approximate surface area is 94.7 Å². The van der Waals surface area contributed by atoms with Crippen molar-refractivity contribution < 1.29 is 18.5 Å². The summed E-state index contributed by atoms with van der Waals surface area (Å²) in [6.07, 6.45) is 0.0957. The van der Waals surface area contributed by atoms with E-state index in [0.29, 0.717) is 0 Å². The van der Waals surface area contributed by atoms with E-state index in [2.05, 4.69) is 0 Å². The molecule has 0 saturated carbocycles. The highest BCUT2D eigenvalue weighted by molar-refractivity contribution is 7.86. The molecule has 1 aromatic carbocycles. The fourth-order valence-corrected chi connectivity index (χ4v) is 2.53. The lowest BCUT2D eigenvalue weighted by Crippen LogP contribution is -2.28. The molecule has 0 aliphatic heterocycles. The smallest absolute Gasteiger partial charge is 0.319 e. The highest BCUT2D eigenvalue weighted by Crippen LogP contribution is 2.15. The Hall–Kier alpha value is -1.27. The first kappa shape index (κ1) is 12.8. The summed E-state index contributed by atoms with van der Waals surface area (Å²) >= 11 is 0. The molecule has 0 heterocycles. The fourth-order valence-electron chi connectivity index (χ4n) is 1.23. The van der Waals surface area contributed by atoms with E-state index in [4.69, 9.17) is 10.8 Å². The second kappa shape index (κ2) is 5.72. The van der Waals surface area contributed by atoms with E-state index in [0.717, 1.165) is 6.07 Å². The van der Waals surface area contributed by atoms with Gasteiger partial charge in [-0.25, -0.2) is 4.39 Å². The molecular weight excluding hydrogens is 233 g/mol. The van der Waals surface area contributed by atoms with E-state index in [1.54, 1.807) is 0 Å². The fraction of sp³-hybridized carbons (Fsp3) is 0.300. The zero-order valence-electron chi connectivity index (χ0n) is 8.43. The summed E-state index contributed by atoms with van der Waals surface area (Å²) in [5.74, 6) is -1.73. The van der Waals surface area contributed by atoms with Gasteiger partial charge in [0.2, 0.25) is 0 Å². The Morgan fingerprint density at radius 2 is 2.25 bits per heavy atom. The summed E-state index contributed by atoms with van der Waals surface area (Å²) in [6.45, 7) is 0.123. The Balaban J connectivity index is 2.94. The number of benzene rings is 1. The van der Waals surface area contributed by atoms with Gasteiger partial charge in [-0.2, -0.15) is 0 Å². The minimum atomic E-state index is -1.78. The third-order valence-corrected chi connectivity index (χ3v) is 3.66. The first-order valence-corrected chi connectivity index (χ1v) is 5.86. The van der Waals surface area contributed by atoms with Gasteiger partial charge in [0.15, 0.2) is 0 Å². The van der Waals surface area contributed by atoms with E-state index in [1.807, 2.05) is 0 Å². The van der Waals surface area contributed by atoms with E-state index in [1.165, 1.54) is 18.2 Å². The molecule has 1 rings (SSSR count). The van der Waals surface area contributed by atoms with Gasteiger partial charge in [0, 0.05) is 4.90 Å². The van der Waals surface area contributed by atoms with Crippen LogP contribution in [0.3, 0.4) is 0 Å². The van der Waals surface area contributed by atoms with Crippen molar-refractivity contribution in [1.82, 2.24) is 0 Å². The molecule has 0 saturated heterocycles. The number of carbonyl (C=O) groups is 1. The second-order valence-corrected chi connectivity index (χ2v) is 4.79. The molecule has 3 N–H and O–H groups in total. The predicted octanol–water partition coefficient (Wildman–Crippen LogP) is 0.735. The third-order valence-electron chi connectivity index (χ3n) is 1.99. The van der Waals surface area contributed by atoms with E-state index >= 15 is 0 Å². The zero-order chi connectivity index (χ0) is 12.1. The van der Waals surface area contributed by atoms with Crippen LogP contribution in [0, 0.1) is 5.82 Å². The van der Waals surface area contributed by atoms with Gasteiger partial charge in [-0.05, 0) is 31.2 Å². The van der Waals surface area contributed by atoms with Crippen LogP contribution in [-0.2, 0) is 15.6 Å². The van der Waals surface area contributed by atoms with Crippen molar-refractivity contribution in [2.45, 2.75) is 16.6 Å². The lowest BCUT2D eigenvalue weighted by Gasteiger charge is -2.10. The molecule has 0 spiro atoms. The monoisotopic (exact) mass is 245 g/mol. The summed E-state index contributed by atoms with van der Waals surface area (Å²) < 4.78 is 24.7. The van der Waals surface area contributed by atoms with Crippen LogP contribution in [0.5, 0.6) is 0 Å². The number of halogens is 1. The lowest BCUT2D eigenvalue weighted by molar-refractivity contribution is -0.136. The molecule has 0 amide bonds. The van der Waals surface area contributed by atoms with Crippen LogP contribution in [-0.4, -0.2) is 27.1 Å². The molecule has 1 aromatic rings. The minimum Gasteiger partial charge on any atom is -0.480 e. The van der Waals surface area contributed by atoms with Gasteiger partial charge >= 0.3 is 5.97 Å².